The molecule has 2 unspecified atom stereocenters. The van der Waals surface area contributed by atoms with Gasteiger partial charge in [-0.25, -0.2) is 0 Å². The summed E-state index contributed by atoms with van der Waals surface area (Å²) >= 11 is 0. The van der Waals surface area contributed by atoms with E-state index in [2.05, 4.69) is 22.9 Å². The van der Waals surface area contributed by atoms with Crippen molar-refractivity contribution in [3.8, 4) is 0 Å². The fourth-order valence-electron chi connectivity index (χ4n) is 3.77. The molecular weight excluding hydrogens is 478 g/mol. The number of unbranched alkanes of at least 4 members (excludes halogenated alkanes) is 3. The number of carbonyl (C=O) groups is 3. The number of carbonyl (C=O) groups excluding carboxylic acids is 2. The molecule has 7 heteroatoms. The largest absolute Gasteiger partial charge is 0.481 e. The smallest absolute Gasteiger partial charge is 0.308 e. The number of amides is 2. The molecule has 2 aliphatic carbocycles. The average Bonchev–Trinajstić information content (AvgIpc) is 2.85. The zero-order chi connectivity index (χ0) is 27.6. The topological polar surface area (TPSA) is 108 Å². The second kappa shape index (κ2) is 17.7. The maximum absolute atomic E-state index is 12.4. The Bertz CT molecular complexity index is 1060. The lowest BCUT2D eigenvalue weighted by Crippen LogP contribution is -2.32. The lowest BCUT2D eigenvalue weighted by molar-refractivity contribution is -0.141. The van der Waals surface area contributed by atoms with Crippen molar-refractivity contribution in [1.82, 2.24) is 16.0 Å². The molecule has 2 rings (SSSR count). The summed E-state index contributed by atoms with van der Waals surface area (Å²) < 4.78 is 0. The van der Waals surface area contributed by atoms with Crippen molar-refractivity contribution in [1.29, 1.82) is 0 Å². The average molecular weight is 520 g/mol. The van der Waals surface area contributed by atoms with E-state index >= 15 is 0 Å². The van der Waals surface area contributed by atoms with Crippen molar-refractivity contribution in [3.63, 3.8) is 0 Å². The summed E-state index contributed by atoms with van der Waals surface area (Å²) in [6.45, 7) is 5.40. The molecule has 4 N–H and O–H groups in total. The Labute approximate surface area is 226 Å². The molecule has 0 saturated carbocycles. The third kappa shape index (κ3) is 12.5. The number of aliphatic carboxylic acids is 1. The number of hydrogen-bond acceptors (Lipinski definition) is 4. The Morgan fingerprint density at radius 3 is 2.08 bits per heavy atom. The van der Waals surface area contributed by atoms with Gasteiger partial charge >= 0.3 is 5.97 Å². The van der Waals surface area contributed by atoms with Crippen LogP contribution in [0.3, 0.4) is 0 Å². The van der Waals surface area contributed by atoms with Gasteiger partial charge in [0.05, 0.1) is 5.92 Å². The van der Waals surface area contributed by atoms with E-state index in [0.717, 1.165) is 44.2 Å². The number of carboxylic acid groups (broad SMARTS) is 1. The lowest BCUT2D eigenvalue weighted by Gasteiger charge is -2.15. The number of nitrogens with one attached hydrogen (secondary N) is 3. The zero-order valence-electron chi connectivity index (χ0n) is 22.5. The summed E-state index contributed by atoms with van der Waals surface area (Å²) in [5.74, 6) is -1.90. The van der Waals surface area contributed by atoms with Gasteiger partial charge in [-0.3, -0.25) is 14.4 Å². The van der Waals surface area contributed by atoms with Gasteiger partial charge in [-0.05, 0) is 62.6 Å². The Morgan fingerprint density at radius 1 is 0.711 bits per heavy atom. The Hall–Kier alpha value is -3.71. The summed E-state index contributed by atoms with van der Waals surface area (Å²) in [6, 6.07) is 0.282. The second-order valence-corrected chi connectivity index (χ2v) is 9.51. The van der Waals surface area contributed by atoms with Crippen molar-refractivity contribution < 1.29 is 19.5 Å². The monoisotopic (exact) mass is 519 g/mol. The first-order valence-electron chi connectivity index (χ1n) is 13.4. The first kappa shape index (κ1) is 30.5. The summed E-state index contributed by atoms with van der Waals surface area (Å²) in [7, 11) is 0. The maximum atomic E-state index is 12.4. The lowest BCUT2D eigenvalue weighted by atomic mass is 10.0. The van der Waals surface area contributed by atoms with Crippen LogP contribution in [0.5, 0.6) is 0 Å². The molecule has 38 heavy (non-hydrogen) atoms. The van der Waals surface area contributed by atoms with Gasteiger partial charge in [0.1, 0.15) is 0 Å². The first-order valence-corrected chi connectivity index (χ1v) is 13.4. The van der Waals surface area contributed by atoms with Crippen molar-refractivity contribution in [2.24, 2.45) is 5.92 Å². The van der Waals surface area contributed by atoms with E-state index in [1.54, 1.807) is 19.1 Å². The molecule has 0 bridgehead atoms. The molecule has 0 fully saturated rings. The predicted molar refractivity (Wildman–Crippen MR) is 153 cm³/mol. The van der Waals surface area contributed by atoms with E-state index in [4.69, 9.17) is 5.11 Å². The van der Waals surface area contributed by atoms with Crippen molar-refractivity contribution >= 4 is 17.8 Å². The van der Waals surface area contributed by atoms with Crippen LogP contribution in [0.25, 0.3) is 0 Å². The van der Waals surface area contributed by atoms with Gasteiger partial charge < -0.3 is 21.1 Å². The van der Waals surface area contributed by atoms with Gasteiger partial charge in [0, 0.05) is 30.3 Å². The number of rotatable bonds is 15. The van der Waals surface area contributed by atoms with Crippen molar-refractivity contribution in [3.05, 3.63) is 95.7 Å². The molecule has 0 aromatic rings. The van der Waals surface area contributed by atoms with E-state index < -0.39 is 11.9 Å². The van der Waals surface area contributed by atoms with E-state index in [1.807, 2.05) is 66.8 Å². The highest BCUT2D eigenvalue weighted by molar-refractivity contribution is 5.97. The fraction of sp³-hybridized carbons (Fsp3) is 0.387. The molecule has 0 heterocycles. The van der Waals surface area contributed by atoms with Crippen LogP contribution in [0.4, 0.5) is 0 Å². The SMILES string of the molecule is CC(CC1=C/C=C\C=C(\C(=O)NCC(C)C(=O)O)C=C1)NCCCCCCNC(=O)C1=C/C=C\C=C/C=C1. The van der Waals surface area contributed by atoms with E-state index in [1.165, 1.54) is 0 Å². The summed E-state index contributed by atoms with van der Waals surface area (Å²) in [4.78, 5) is 35.6. The highest BCUT2D eigenvalue weighted by Crippen LogP contribution is 2.13. The van der Waals surface area contributed by atoms with Gasteiger partial charge in [-0.15, -0.1) is 0 Å². The molecule has 0 aromatic heterocycles. The van der Waals surface area contributed by atoms with Crippen LogP contribution >= 0.6 is 0 Å². The van der Waals surface area contributed by atoms with Crippen LogP contribution in [-0.4, -0.2) is 48.6 Å². The molecule has 204 valence electrons. The third-order valence-electron chi connectivity index (χ3n) is 6.11. The van der Waals surface area contributed by atoms with Crippen LogP contribution in [0.1, 0.15) is 46.0 Å². The summed E-state index contributed by atoms with van der Waals surface area (Å²) in [5.41, 5.74) is 2.26. The minimum absolute atomic E-state index is 0.0415. The van der Waals surface area contributed by atoms with Crippen LogP contribution in [0, 0.1) is 5.92 Å². The Balaban J connectivity index is 1.60. The summed E-state index contributed by atoms with van der Waals surface area (Å²) in [5, 5.41) is 18.2. The van der Waals surface area contributed by atoms with E-state index in [9.17, 15) is 14.4 Å². The van der Waals surface area contributed by atoms with E-state index in [0.29, 0.717) is 17.7 Å². The Kier molecular flexibility index (Phi) is 14.2. The first-order chi connectivity index (χ1) is 18.4. The van der Waals surface area contributed by atoms with Gasteiger partial charge in [-0.2, -0.15) is 0 Å². The molecular formula is C31H41N3O4. The molecule has 7 nitrogen and oxygen atoms in total. The highest BCUT2D eigenvalue weighted by atomic mass is 16.4. The molecule has 0 aliphatic heterocycles. The van der Waals surface area contributed by atoms with Crippen LogP contribution in [-0.2, 0) is 14.4 Å². The zero-order valence-corrected chi connectivity index (χ0v) is 22.5. The Morgan fingerprint density at radius 2 is 1.32 bits per heavy atom. The van der Waals surface area contributed by atoms with E-state index in [-0.39, 0.29) is 24.4 Å². The minimum Gasteiger partial charge on any atom is -0.481 e. The predicted octanol–water partition coefficient (Wildman–Crippen LogP) is 4.46. The fourth-order valence-corrected chi connectivity index (χ4v) is 3.77. The van der Waals surface area contributed by atoms with Crippen LogP contribution in [0.2, 0.25) is 0 Å². The maximum Gasteiger partial charge on any atom is 0.308 e. The second-order valence-electron chi connectivity index (χ2n) is 9.51. The van der Waals surface area contributed by atoms with Gasteiger partial charge in [0.15, 0.2) is 0 Å². The van der Waals surface area contributed by atoms with Crippen LogP contribution in [0.15, 0.2) is 95.7 Å². The van der Waals surface area contributed by atoms with Crippen LogP contribution < -0.4 is 16.0 Å². The highest BCUT2D eigenvalue weighted by Gasteiger charge is 2.14. The molecule has 2 atom stereocenters. The molecule has 0 aromatic carbocycles. The summed E-state index contributed by atoms with van der Waals surface area (Å²) in [6.07, 6.45) is 29.3. The molecule has 0 radical (unpaired) electrons. The molecule has 2 aliphatic rings. The quantitative estimate of drug-likeness (QED) is 0.239. The third-order valence-corrected chi connectivity index (χ3v) is 6.11. The molecule has 0 saturated heterocycles. The molecule has 0 spiro atoms. The number of allylic oxidation sites excluding steroid dienone is 11. The van der Waals surface area contributed by atoms with Gasteiger partial charge in [0.2, 0.25) is 0 Å². The normalized spacial score (nSPS) is 20.1. The number of carboxylic acids is 1. The van der Waals surface area contributed by atoms with Gasteiger partial charge in [-0.1, -0.05) is 74.4 Å². The number of hydrogen-bond donors (Lipinski definition) is 4. The standard InChI is InChI=1S/C31H41N3O4/c1-24(31(37)38)23-34-30(36)28-17-11-10-14-26(18-19-28)22-25(2)32-20-12-6-7-13-21-33-29(35)27-15-8-4-3-5-9-16-27/h3-5,8-11,14-19,24-25,32H,6-7,12-13,20-23H2,1-2H3,(H,33,35)(H,34,36)(H,37,38)/b4-3-,5-3?,8-4?,9-5-,11-10-,14-10?,15-8?,16-9?,17-11?,19-18?,26-14?,26-18?,27-15?,27-16?,28-17+,28-19?. The minimum atomic E-state index is -0.935. The van der Waals surface area contributed by atoms with Gasteiger partial charge in [0.25, 0.3) is 11.8 Å². The van der Waals surface area contributed by atoms with Crippen molar-refractivity contribution in [2.75, 3.05) is 19.6 Å². The molecule has 2 amide bonds. The van der Waals surface area contributed by atoms with Crippen molar-refractivity contribution in [2.45, 2.75) is 52.0 Å².